The van der Waals surface area contributed by atoms with Crippen molar-refractivity contribution >= 4 is 11.6 Å². The first kappa shape index (κ1) is 9.76. The summed E-state index contributed by atoms with van der Waals surface area (Å²) < 4.78 is 13.0. The van der Waals surface area contributed by atoms with Gasteiger partial charge in [-0.3, -0.25) is 0 Å². The lowest BCUT2D eigenvalue weighted by Crippen LogP contribution is -1.89. The van der Waals surface area contributed by atoms with E-state index in [2.05, 4.69) is 6.58 Å². The van der Waals surface area contributed by atoms with Crippen LogP contribution >= 0.6 is 11.6 Å². The normalized spacial score (nSPS) is 9.31. The molecule has 0 unspecified atom stereocenters. The number of hydrogen-bond donors (Lipinski definition) is 0. The molecule has 0 heterocycles. The van der Waals surface area contributed by atoms with Gasteiger partial charge in [0.1, 0.15) is 11.9 Å². The van der Waals surface area contributed by atoms with Crippen molar-refractivity contribution in [1.82, 2.24) is 0 Å². The zero-order valence-corrected chi connectivity index (χ0v) is 7.61. The van der Waals surface area contributed by atoms with Gasteiger partial charge in [0, 0.05) is 11.5 Å². The maximum Gasteiger partial charge on any atom is 0.141 e. The van der Waals surface area contributed by atoms with Crippen LogP contribution in [-0.4, -0.2) is 0 Å². The fourth-order valence-corrected chi connectivity index (χ4v) is 1.14. The Morgan fingerprint density at radius 3 is 2.77 bits per heavy atom. The van der Waals surface area contributed by atoms with E-state index < -0.39 is 5.82 Å². The SMILES string of the molecule is C=C(Cl)Cc1ccc(C#N)c(F)c1. The van der Waals surface area contributed by atoms with Crippen molar-refractivity contribution in [3.8, 4) is 6.07 Å². The lowest BCUT2D eigenvalue weighted by atomic mass is 10.1. The second-order valence-electron chi connectivity index (χ2n) is 2.62. The Morgan fingerprint density at radius 1 is 1.62 bits per heavy atom. The standard InChI is InChI=1S/C10H7ClFN/c1-7(11)4-8-2-3-9(6-13)10(12)5-8/h2-3,5H,1,4H2. The van der Waals surface area contributed by atoms with Gasteiger partial charge in [0.2, 0.25) is 0 Å². The van der Waals surface area contributed by atoms with Crippen molar-refractivity contribution in [2.24, 2.45) is 0 Å². The Balaban J connectivity index is 2.97. The third-order valence-electron chi connectivity index (χ3n) is 1.55. The summed E-state index contributed by atoms with van der Waals surface area (Å²) in [6.07, 6.45) is 0.421. The van der Waals surface area contributed by atoms with E-state index in [1.807, 2.05) is 0 Å². The van der Waals surface area contributed by atoms with E-state index in [1.165, 1.54) is 12.1 Å². The van der Waals surface area contributed by atoms with Gasteiger partial charge in [-0.25, -0.2) is 4.39 Å². The predicted molar refractivity (Wildman–Crippen MR) is 49.8 cm³/mol. The Labute approximate surface area is 81.1 Å². The Morgan fingerprint density at radius 2 is 2.31 bits per heavy atom. The summed E-state index contributed by atoms with van der Waals surface area (Å²) in [5, 5.41) is 8.91. The molecule has 0 aliphatic heterocycles. The average Bonchev–Trinajstić information content (AvgIpc) is 2.03. The summed E-state index contributed by atoms with van der Waals surface area (Å²) in [6.45, 7) is 3.50. The number of hydrogen-bond acceptors (Lipinski definition) is 1. The first-order valence-corrected chi connectivity index (χ1v) is 4.03. The number of benzene rings is 1. The molecule has 0 aliphatic rings. The molecule has 1 aromatic rings. The molecule has 13 heavy (non-hydrogen) atoms. The molecule has 0 atom stereocenters. The van der Waals surface area contributed by atoms with Crippen LogP contribution in [0.1, 0.15) is 11.1 Å². The van der Waals surface area contributed by atoms with E-state index in [9.17, 15) is 4.39 Å². The minimum atomic E-state index is -0.516. The van der Waals surface area contributed by atoms with Crippen LogP contribution in [0.3, 0.4) is 0 Å². The molecule has 0 radical (unpaired) electrons. The largest absolute Gasteiger partial charge is 0.206 e. The smallest absolute Gasteiger partial charge is 0.141 e. The maximum atomic E-state index is 13.0. The zero-order valence-electron chi connectivity index (χ0n) is 6.85. The molecule has 0 fully saturated rings. The van der Waals surface area contributed by atoms with Gasteiger partial charge in [-0.2, -0.15) is 5.26 Å². The summed E-state index contributed by atoms with van der Waals surface area (Å²) in [6, 6.07) is 6.14. The van der Waals surface area contributed by atoms with Crippen molar-refractivity contribution < 1.29 is 4.39 Å². The minimum absolute atomic E-state index is 0.0453. The third-order valence-corrected chi connectivity index (χ3v) is 1.68. The van der Waals surface area contributed by atoms with E-state index in [-0.39, 0.29) is 5.56 Å². The quantitative estimate of drug-likeness (QED) is 0.712. The highest BCUT2D eigenvalue weighted by Gasteiger charge is 2.02. The van der Waals surface area contributed by atoms with Crippen LogP contribution in [-0.2, 0) is 6.42 Å². The molecular formula is C10H7ClFN. The van der Waals surface area contributed by atoms with Crippen LogP contribution in [0.2, 0.25) is 0 Å². The van der Waals surface area contributed by atoms with Crippen molar-refractivity contribution in [2.45, 2.75) is 6.42 Å². The molecule has 1 rings (SSSR count). The summed E-state index contributed by atoms with van der Waals surface area (Å²) >= 11 is 5.56. The fraction of sp³-hybridized carbons (Fsp3) is 0.100. The number of halogens is 2. The zero-order chi connectivity index (χ0) is 9.84. The molecular weight excluding hydrogens is 189 g/mol. The summed E-state index contributed by atoms with van der Waals surface area (Å²) in [7, 11) is 0. The first-order valence-electron chi connectivity index (χ1n) is 3.65. The molecule has 0 spiro atoms. The van der Waals surface area contributed by atoms with Crippen molar-refractivity contribution in [1.29, 1.82) is 5.26 Å². The van der Waals surface area contributed by atoms with E-state index in [4.69, 9.17) is 16.9 Å². The molecule has 66 valence electrons. The topological polar surface area (TPSA) is 23.8 Å². The highest BCUT2D eigenvalue weighted by molar-refractivity contribution is 6.29. The third kappa shape index (κ3) is 2.57. The molecule has 0 saturated carbocycles. The van der Waals surface area contributed by atoms with E-state index >= 15 is 0 Å². The van der Waals surface area contributed by atoms with E-state index in [0.717, 1.165) is 5.56 Å². The van der Waals surface area contributed by atoms with Crippen LogP contribution in [0.15, 0.2) is 29.8 Å². The fourth-order valence-electron chi connectivity index (χ4n) is 0.981. The number of rotatable bonds is 2. The molecule has 0 aromatic heterocycles. The van der Waals surface area contributed by atoms with Gasteiger partial charge in [0.25, 0.3) is 0 Å². The van der Waals surface area contributed by atoms with Gasteiger partial charge >= 0.3 is 0 Å². The van der Waals surface area contributed by atoms with Crippen molar-refractivity contribution in [2.75, 3.05) is 0 Å². The van der Waals surface area contributed by atoms with Gasteiger partial charge in [0.05, 0.1) is 5.56 Å². The maximum absolute atomic E-state index is 13.0. The lowest BCUT2D eigenvalue weighted by Gasteiger charge is -1.99. The molecule has 0 saturated heterocycles. The number of nitriles is 1. The Kier molecular flexibility index (Phi) is 3.05. The highest BCUT2D eigenvalue weighted by atomic mass is 35.5. The summed E-state index contributed by atoms with van der Waals surface area (Å²) in [4.78, 5) is 0. The van der Waals surface area contributed by atoms with E-state index in [1.54, 1.807) is 12.1 Å². The van der Waals surface area contributed by atoms with Crippen LogP contribution in [0, 0.1) is 17.1 Å². The predicted octanol–water partition coefficient (Wildman–Crippen LogP) is 2.99. The summed E-state index contributed by atoms with van der Waals surface area (Å²) in [5.74, 6) is -0.516. The second kappa shape index (κ2) is 4.06. The number of allylic oxidation sites excluding steroid dienone is 1. The lowest BCUT2D eigenvalue weighted by molar-refractivity contribution is 0.622. The highest BCUT2D eigenvalue weighted by Crippen LogP contribution is 2.13. The molecule has 1 aromatic carbocycles. The Bertz CT molecular complexity index is 379. The summed E-state index contributed by atoms with van der Waals surface area (Å²) in [5.41, 5.74) is 0.764. The van der Waals surface area contributed by atoms with Crippen molar-refractivity contribution in [3.63, 3.8) is 0 Å². The second-order valence-corrected chi connectivity index (χ2v) is 3.15. The molecule has 0 amide bonds. The van der Waals surface area contributed by atoms with Crippen LogP contribution in [0.4, 0.5) is 4.39 Å². The van der Waals surface area contributed by atoms with Crippen LogP contribution < -0.4 is 0 Å². The van der Waals surface area contributed by atoms with Gasteiger partial charge < -0.3 is 0 Å². The van der Waals surface area contributed by atoms with Gasteiger partial charge in [-0.05, 0) is 17.7 Å². The number of nitrogens with zero attached hydrogens (tertiary/aromatic N) is 1. The molecule has 0 bridgehead atoms. The van der Waals surface area contributed by atoms with Gasteiger partial charge in [-0.1, -0.05) is 24.2 Å². The van der Waals surface area contributed by atoms with Crippen molar-refractivity contribution in [3.05, 3.63) is 46.8 Å². The molecule has 0 N–H and O–H groups in total. The Hall–Kier alpha value is -1.33. The van der Waals surface area contributed by atoms with Crippen LogP contribution in [0.5, 0.6) is 0 Å². The first-order chi connectivity index (χ1) is 6.13. The monoisotopic (exact) mass is 195 g/mol. The molecule has 0 aliphatic carbocycles. The van der Waals surface area contributed by atoms with Gasteiger partial charge in [0.15, 0.2) is 0 Å². The molecule has 3 heteroatoms. The van der Waals surface area contributed by atoms with E-state index in [0.29, 0.717) is 11.5 Å². The molecule has 1 nitrogen and oxygen atoms in total. The minimum Gasteiger partial charge on any atom is -0.206 e. The van der Waals surface area contributed by atoms with Crippen LogP contribution in [0.25, 0.3) is 0 Å². The average molecular weight is 196 g/mol. The van der Waals surface area contributed by atoms with Gasteiger partial charge in [-0.15, -0.1) is 0 Å².